The fourth-order valence-corrected chi connectivity index (χ4v) is 2.67. The first-order chi connectivity index (χ1) is 10.6. The van der Waals surface area contributed by atoms with Gasteiger partial charge in [-0.2, -0.15) is 5.26 Å². The highest BCUT2D eigenvalue weighted by Crippen LogP contribution is 2.33. The minimum atomic E-state index is -0.331. The van der Waals surface area contributed by atoms with Crippen LogP contribution >= 0.6 is 11.6 Å². The van der Waals surface area contributed by atoms with Crippen molar-refractivity contribution in [1.29, 1.82) is 5.26 Å². The van der Waals surface area contributed by atoms with E-state index in [4.69, 9.17) is 21.1 Å². The van der Waals surface area contributed by atoms with Crippen molar-refractivity contribution >= 4 is 11.6 Å². The van der Waals surface area contributed by atoms with Crippen LogP contribution in [-0.4, -0.2) is 14.2 Å². The van der Waals surface area contributed by atoms with Gasteiger partial charge in [0.25, 0.3) is 0 Å². The molecule has 0 fully saturated rings. The molecule has 2 rings (SSSR count). The number of nitrogens with zero attached hydrogens (tertiary/aromatic N) is 1. The summed E-state index contributed by atoms with van der Waals surface area (Å²) < 4.78 is 10.8. The largest absolute Gasteiger partial charge is 0.496 e. The van der Waals surface area contributed by atoms with Gasteiger partial charge in [-0.3, -0.25) is 0 Å². The zero-order valence-corrected chi connectivity index (χ0v) is 13.6. The molecule has 0 amide bonds. The minimum Gasteiger partial charge on any atom is -0.496 e. The minimum absolute atomic E-state index is 0.331. The number of ether oxygens (including phenoxy) is 2. The van der Waals surface area contributed by atoms with Gasteiger partial charge in [-0.25, -0.2) is 0 Å². The predicted octanol–water partition coefficient (Wildman–Crippen LogP) is 4.52. The SMILES string of the molecule is COc1ccc(Cl)cc1CC(C#N)c1cc(C)ccc1OC. The standard InChI is InChI=1S/C18H18ClNO2/c1-12-4-6-18(22-3)16(8-12)14(11-20)9-13-10-15(19)5-7-17(13)21-2/h4-8,10,14H,9H2,1-3H3. The van der Waals surface area contributed by atoms with Crippen molar-refractivity contribution in [2.45, 2.75) is 19.3 Å². The fraction of sp³-hybridized carbons (Fsp3) is 0.278. The van der Waals surface area contributed by atoms with Gasteiger partial charge in [0.2, 0.25) is 0 Å². The van der Waals surface area contributed by atoms with Crippen LogP contribution in [0.15, 0.2) is 36.4 Å². The Hall–Kier alpha value is -2.18. The molecular weight excluding hydrogens is 298 g/mol. The molecule has 0 aliphatic rings. The monoisotopic (exact) mass is 315 g/mol. The van der Waals surface area contributed by atoms with Crippen molar-refractivity contribution in [2.75, 3.05) is 14.2 Å². The highest BCUT2D eigenvalue weighted by Gasteiger charge is 2.19. The van der Waals surface area contributed by atoms with Crippen molar-refractivity contribution in [2.24, 2.45) is 0 Å². The summed E-state index contributed by atoms with van der Waals surface area (Å²) in [7, 11) is 3.23. The van der Waals surface area contributed by atoms with E-state index >= 15 is 0 Å². The van der Waals surface area contributed by atoms with Crippen LogP contribution in [0.2, 0.25) is 5.02 Å². The van der Waals surface area contributed by atoms with E-state index in [1.165, 1.54) is 0 Å². The third-order valence-electron chi connectivity index (χ3n) is 3.58. The molecule has 22 heavy (non-hydrogen) atoms. The van der Waals surface area contributed by atoms with E-state index < -0.39 is 0 Å². The summed E-state index contributed by atoms with van der Waals surface area (Å²) in [6.45, 7) is 2.00. The van der Waals surface area contributed by atoms with Crippen molar-refractivity contribution in [3.05, 3.63) is 58.1 Å². The Labute approximate surface area is 136 Å². The average molecular weight is 316 g/mol. The summed E-state index contributed by atoms with van der Waals surface area (Å²) in [6, 6.07) is 13.6. The lowest BCUT2D eigenvalue weighted by molar-refractivity contribution is 0.404. The molecule has 1 unspecified atom stereocenters. The number of rotatable bonds is 5. The van der Waals surface area contributed by atoms with Crippen LogP contribution in [0.3, 0.4) is 0 Å². The van der Waals surface area contributed by atoms with Crippen LogP contribution in [0.4, 0.5) is 0 Å². The number of methoxy groups -OCH3 is 2. The first-order valence-electron chi connectivity index (χ1n) is 6.95. The molecule has 0 N–H and O–H groups in total. The van der Waals surface area contributed by atoms with Gasteiger partial charge in [-0.1, -0.05) is 29.3 Å². The maximum absolute atomic E-state index is 9.61. The van der Waals surface area contributed by atoms with Crippen molar-refractivity contribution < 1.29 is 9.47 Å². The van der Waals surface area contributed by atoms with Crippen LogP contribution in [0.25, 0.3) is 0 Å². The first kappa shape index (κ1) is 16.2. The van der Waals surface area contributed by atoms with Gasteiger partial charge < -0.3 is 9.47 Å². The number of aryl methyl sites for hydroxylation is 1. The molecule has 0 aliphatic carbocycles. The topological polar surface area (TPSA) is 42.2 Å². The van der Waals surface area contributed by atoms with E-state index in [2.05, 4.69) is 6.07 Å². The maximum atomic E-state index is 9.61. The molecule has 3 nitrogen and oxygen atoms in total. The summed E-state index contributed by atoms with van der Waals surface area (Å²) in [5, 5.41) is 10.2. The molecular formula is C18H18ClNO2. The molecule has 0 aromatic heterocycles. The summed E-state index contributed by atoms with van der Waals surface area (Å²) in [6.07, 6.45) is 0.514. The zero-order chi connectivity index (χ0) is 16.1. The van der Waals surface area contributed by atoms with Gasteiger partial charge in [0.05, 0.1) is 26.2 Å². The first-order valence-corrected chi connectivity index (χ1v) is 7.33. The van der Waals surface area contributed by atoms with Crippen LogP contribution in [-0.2, 0) is 6.42 Å². The number of hydrogen-bond acceptors (Lipinski definition) is 3. The third-order valence-corrected chi connectivity index (χ3v) is 3.82. The van der Waals surface area contributed by atoms with Crippen molar-refractivity contribution in [1.82, 2.24) is 0 Å². The Morgan fingerprint density at radius 2 is 1.77 bits per heavy atom. The van der Waals surface area contributed by atoms with E-state index in [-0.39, 0.29) is 5.92 Å². The average Bonchev–Trinajstić information content (AvgIpc) is 2.52. The van der Waals surface area contributed by atoms with Gasteiger partial charge in [0.15, 0.2) is 0 Å². The molecule has 1 atom stereocenters. The molecule has 2 aromatic rings. The number of benzene rings is 2. The van der Waals surface area contributed by atoms with E-state index in [0.29, 0.717) is 11.4 Å². The van der Waals surface area contributed by atoms with Gasteiger partial charge >= 0.3 is 0 Å². The highest BCUT2D eigenvalue weighted by molar-refractivity contribution is 6.30. The van der Waals surface area contributed by atoms with Gasteiger partial charge in [-0.05, 0) is 43.2 Å². The fourth-order valence-electron chi connectivity index (χ4n) is 2.48. The van der Waals surface area contributed by atoms with Gasteiger partial charge in [0.1, 0.15) is 11.5 Å². The summed E-state index contributed by atoms with van der Waals surface area (Å²) >= 11 is 6.07. The van der Waals surface area contributed by atoms with E-state index in [0.717, 1.165) is 28.2 Å². The number of nitriles is 1. The Kier molecular flexibility index (Phi) is 5.30. The molecule has 0 aliphatic heterocycles. The molecule has 0 radical (unpaired) electrons. The lowest BCUT2D eigenvalue weighted by Gasteiger charge is -2.16. The number of halogens is 1. The predicted molar refractivity (Wildman–Crippen MR) is 87.8 cm³/mol. The molecule has 0 saturated heterocycles. The van der Waals surface area contributed by atoms with Crippen LogP contribution < -0.4 is 9.47 Å². The lowest BCUT2D eigenvalue weighted by atomic mass is 9.91. The van der Waals surface area contributed by atoms with Gasteiger partial charge in [0, 0.05) is 10.6 Å². The lowest BCUT2D eigenvalue weighted by Crippen LogP contribution is -2.05. The van der Waals surface area contributed by atoms with E-state index in [9.17, 15) is 5.26 Å². The van der Waals surface area contributed by atoms with E-state index in [1.54, 1.807) is 20.3 Å². The molecule has 114 valence electrons. The molecule has 2 aromatic carbocycles. The molecule has 0 bridgehead atoms. The summed E-state index contributed by atoms with van der Waals surface area (Å²) in [5.74, 6) is 1.12. The van der Waals surface area contributed by atoms with Crippen molar-refractivity contribution in [3.8, 4) is 17.6 Å². The Balaban J connectivity index is 2.41. The summed E-state index contributed by atoms with van der Waals surface area (Å²) in [5.41, 5.74) is 2.88. The van der Waals surface area contributed by atoms with Crippen LogP contribution in [0, 0.1) is 18.3 Å². The third kappa shape index (κ3) is 3.52. The van der Waals surface area contributed by atoms with Crippen LogP contribution in [0.1, 0.15) is 22.6 Å². The maximum Gasteiger partial charge on any atom is 0.123 e. The number of hydrogen-bond donors (Lipinski definition) is 0. The van der Waals surface area contributed by atoms with Crippen molar-refractivity contribution in [3.63, 3.8) is 0 Å². The Bertz CT molecular complexity index is 707. The Morgan fingerprint density at radius 3 is 2.41 bits per heavy atom. The quantitative estimate of drug-likeness (QED) is 0.815. The normalized spacial score (nSPS) is 11.6. The zero-order valence-electron chi connectivity index (χ0n) is 12.9. The van der Waals surface area contributed by atoms with E-state index in [1.807, 2.05) is 37.3 Å². The molecule has 4 heteroatoms. The molecule has 0 heterocycles. The summed E-state index contributed by atoms with van der Waals surface area (Å²) in [4.78, 5) is 0. The smallest absolute Gasteiger partial charge is 0.123 e. The van der Waals surface area contributed by atoms with Crippen LogP contribution in [0.5, 0.6) is 11.5 Å². The molecule has 0 saturated carbocycles. The van der Waals surface area contributed by atoms with Gasteiger partial charge in [-0.15, -0.1) is 0 Å². The second kappa shape index (κ2) is 7.20. The highest BCUT2D eigenvalue weighted by atomic mass is 35.5. The molecule has 0 spiro atoms. The Morgan fingerprint density at radius 1 is 1.09 bits per heavy atom. The second-order valence-corrected chi connectivity index (χ2v) is 5.52. The second-order valence-electron chi connectivity index (χ2n) is 5.09.